The Labute approximate surface area is 106 Å². The predicted octanol–water partition coefficient (Wildman–Crippen LogP) is 0.0818. The lowest BCUT2D eigenvalue weighted by Crippen LogP contribution is -2.35. The molecule has 18 heavy (non-hydrogen) atoms. The van der Waals surface area contributed by atoms with Crippen LogP contribution in [0.4, 0.5) is 0 Å². The van der Waals surface area contributed by atoms with Crippen LogP contribution in [0.2, 0.25) is 0 Å². The highest BCUT2D eigenvalue weighted by molar-refractivity contribution is 5.89. The van der Waals surface area contributed by atoms with E-state index in [2.05, 4.69) is 5.32 Å². The molecule has 102 valence electrons. The number of rotatable bonds is 6. The molecular weight excluding hydrogens is 236 g/mol. The van der Waals surface area contributed by atoms with Crippen molar-refractivity contribution in [2.75, 3.05) is 19.6 Å². The molecule has 6 heteroatoms. The van der Waals surface area contributed by atoms with Crippen LogP contribution in [0.5, 0.6) is 0 Å². The average molecular weight is 256 g/mol. The number of carboxylic acid groups (broad SMARTS) is 1. The fourth-order valence-corrected chi connectivity index (χ4v) is 2.00. The number of hydrogen-bond acceptors (Lipinski definition) is 3. The smallest absolute Gasteiger partial charge is 0.305 e. The molecule has 0 saturated carbocycles. The number of carbonyl (C=O) groups excluding carboxylic acids is 2. The number of nitrogens with zero attached hydrogens (tertiary/aromatic N) is 1. The van der Waals surface area contributed by atoms with Crippen molar-refractivity contribution >= 4 is 17.8 Å². The molecule has 0 aromatic heterocycles. The van der Waals surface area contributed by atoms with Gasteiger partial charge in [0.05, 0.1) is 12.3 Å². The van der Waals surface area contributed by atoms with Gasteiger partial charge in [-0.15, -0.1) is 0 Å². The summed E-state index contributed by atoms with van der Waals surface area (Å²) in [5.41, 5.74) is 0. The molecule has 0 spiro atoms. The third-order valence-corrected chi connectivity index (χ3v) is 2.81. The molecule has 6 nitrogen and oxygen atoms in total. The second-order valence-electron chi connectivity index (χ2n) is 5.03. The lowest BCUT2D eigenvalue weighted by molar-refractivity contribution is -0.137. The Hall–Kier alpha value is -1.59. The van der Waals surface area contributed by atoms with Gasteiger partial charge in [-0.1, -0.05) is 13.8 Å². The molecule has 2 amide bonds. The van der Waals surface area contributed by atoms with E-state index < -0.39 is 5.97 Å². The van der Waals surface area contributed by atoms with Crippen molar-refractivity contribution in [2.24, 2.45) is 11.8 Å². The number of hydrogen-bond donors (Lipinski definition) is 2. The first-order chi connectivity index (χ1) is 8.40. The Morgan fingerprint density at radius 2 is 2.17 bits per heavy atom. The summed E-state index contributed by atoms with van der Waals surface area (Å²) in [5.74, 6) is -1.13. The Bertz CT molecular complexity index is 341. The van der Waals surface area contributed by atoms with Gasteiger partial charge >= 0.3 is 5.97 Å². The number of nitrogens with one attached hydrogen (secondary N) is 1. The Morgan fingerprint density at radius 3 is 2.72 bits per heavy atom. The molecule has 1 fully saturated rings. The molecule has 0 aromatic carbocycles. The Kier molecular flexibility index (Phi) is 5.12. The van der Waals surface area contributed by atoms with E-state index in [-0.39, 0.29) is 37.1 Å². The summed E-state index contributed by atoms with van der Waals surface area (Å²) in [5, 5.41) is 11.0. The molecule has 1 aliphatic heterocycles. The zero-order valence-corrected chi connectivity index (χ0v) is 10.8. The Morgan fingerprint density at radius 1 is 1.50 bits per heavy atom. The van der Waals surface area contributed by atoms with Gasteiger partial charge < -0.3 is 15.3 Å². The molecular formula is C12H20N2O4. The second kappa shape index (κ2) is 6.37. The number of aliphatic carboxylic acids is 1. The zero-order valence-electron chi connectivity index (χ0n) is 10.8. The molecule has 1 rings (SSSR count). The van der Waals surface area contributed by atoms with Crippen molar-refractivity contribution in [1.29, 1.82) is 0 Å². The third-order valence-electron chi connectivity index (χ3n) is 2.81. The number of amides is 2. The topological polar surface area (TPSA) is 86.7 Å². The molecule has 0 aliphatic carbocycles. The maximum absolute atomic E-state index is 11.7. The van der Waals surface area contributed by atoms with Crippen molar-refractivity contribution in [2.45, 2.75) is 26.7 Å². The number of carbonyl (C=O) groups is 3. The van der Waals surface area contributed by atoms with Gasteiger partial charge in [-0.3, -0.25) is 14.4 Å². The molecule has 1 unspecified atom stereocenters. The summed E-state index contributed by atoms with van der Waals surface area (Å²) in [4.78, 5) is 35.4. The first-order valence-corrected chi connectivity index (χ1v) is 6.17. The molecule has 0 aromatic rings. The summed E-state index contributed by atoms with van der Waals surface area (Å²) < 4.78 is 0. The number of likely N-dealkylation sites (tertiary alicyclic amines) is 1. The van der Waals surface area contributed by atoms with Crippen LogP contribution in [-0.4, -0.2) is 47.4 Å². The normalized spacial score (nSPS) is 19.4. The summed E-state index contributed by atoms with van der Waals surface area (Å²) in [6.45, 7) is 5.26. The lowest BCUT2D eigenvalue weighted by atomic mass is 10.1. The zero-order chi connectivity index (χ0) is 13.7. The van der Waals surface area contributed by atoms with Crippen LogP contribution >= 0.6 is 0 Å². The van der Waals surface area contributed by atoms with E-state index in [0.717, 1.165) is 0 Å². The standard InChI is InChI=1S/C12H20N2O4/c1-8(2)6-14-7-9(5-10(14)15)12(18)13-4-3-11(16)17/h8-9H,3-7H2,1-2H3,(H,13,18)(H,16,17). The van der Waals surface area contributed by atoms with Gasteiger partial charge in [0.2, 0.25) is 11.8 Å². The minimum atomic E-state index is -0.945. The van der Waals surface area contributed by atoms with Gasteiger partial charge in [-0.05, 0) is 5.92 Å². The van der Waals surface area contributed by atoms with E-state index in [1.54, 1.807) is 4.90 Å². The van der Waals surface area contributed by atoms with E-state index in [4.69, 9.17) is 5.11 Å². The van der Waals surface area contributed by atoms with E-state index in [1.807, 2.05) is 13.8 Å². The van der Waals surface area contributed by atoms with Gasteiger partial charge in [0.1, 0.15) is 0 Å². The van der Waals surface area contributed by atoms with Crippen LogP contribution < -0.4 is 5.32 Å². The van der Waals surface area contributed by atoms with Gasteiger partial charge in [0, 0.05) is 26.1 Å². The van der Waals surface area contributed by atoms with Crippen LogP contribution in [0.25, 0.3) is 0 Å². The monoisotopic (exact) mass is 256 g/mol. The van der Waals surface area contributed by atoms with Crippen molar-refractivity contribution in [1.82, 2.24) is 10.2 Å². The van der Waals surface area contributed by atoms with Crippen LogP contribution in [0.3, 0.4) is 0 Å². The van der Waals surface area contributed by atoms with Crippen LogP contribution in [-0.2, 0) is 14.4 Å². The molecule has 1 heterocycles. The maximum atomic E-state index is 11.7. The summed E-state index contributed by atoms with van der Waals surface area (Å²) in [6.07, 6.45) is 0.133. The average Bonchev–Trinajstić information content (AvgIpc) is 2.59. The van der Waals surface area contributed by atoms with Crippen molar-refractivity contribution in [3.05, 3.63) is 0 Å². The molecule has 1 aliphatic rings. The van der Waals surface area contributed by atoms with Crippen LogP contribution in [0.1, 0.15) is 26.7 Å². The largest absolute Gasteiger partial charge is 0.481 e. The summed E-state index contributed by atoms with van der Waals surface area (Å²) >= 11 is 0. The maximum Gasteiger partial charge on any atom is 0.305 e. The highest BCUT2D eigenvalue weighted by Crippen LogP contribution is 2.19. The highest BCUT2D eigenvalue weighted by atomic mass is 16.4. The van der Waals surface area contributed by atoms with Crippen molar-refractivity contribution in [3.63, 3.8) is 0 Å². The second-order valence-corrected chi connectivity index (χ2v) is 5.03. The molecule has 0 bridgehead atoms. The fourth-order valence-electron chi connectivity index (χ4n) is 2.00. The molecule has 0 radical (unpaired) electrons. The van der Waals surface area contributed by atoms with E-state index in [9.17, 15) is 14.4 Å². The minimum absolute atomic E-state index is 0.00193. The van der Waals surface area contributed by atoms with Gasteiger partial charge in [-0.2, -0.15) is 0 Å². The quantitative estimate of drug-likeness (QED) is 0.704. The first kappa shape index (κ1) is 14.5. The predicted molar refractivity (Wildman–Crippen MR) is 64.8 cm³/mol. The minimum Gasteiger partial charge on any atom is -0.481 e. The summed E-state index contributed by atoms with van der Waals surface area (Å²) in [6, 6.07) is 0. The lowest BCUT2D eigenvalue weighted by Gasteiger charge is -2.18. The van der Waals surface area contributed by atoms with Gasteiger partial charge in [0.25, 0.3) is 0 Å². The molecule has 1 saturated heterocycles. The van der Waals surface area contributed by atoms with Crippen molar-refractivity contribution in [3.8, 4) is 0 Å². The van der Waals surface area contributed by atoms with Gasteiger partial charge in [-0.25, -0.2) is 0 Å². The third kappa shape index (κ3) is 4.35. The van der Waals surface area contributed by atoms with E-state index in [0.29, 0.717) is 19.0 Å². The first-order valence-electron chi connectivity index (χ1n) is 6.17. The van der Waals surface area contributed by atoms with Crippen LogP contribution in [0, 0.1) is 11.8 Å². The number of carboxylic acids is 1. The highest BCUT2D eigenvalue weighted by Gasteiger charge is 2.34. The molecule has 2 N–H and O–H groups in total. The molecule has 1 atom stereocenters. The van der Waals surface area contributed by atoms with E-state index in [1.165, 1.54) is 0 Å². The van der Waals surface area contributed by atoms with Gasteiger partial charge in [0.15, 0.2) is 0 Å². The Balaban J connectivity index is 2.37. The summed E-state index contributed by atoms with van der Waals surface area (Å²) in [7, 11) is 0. The van der Waals surface area contributed by atoms with Crippen LogP contribution in [0.15, 0.2) is 0 Å². The van der Waals surface area contributed by atoms with Crippen molar-refractivity contribution < 1.29 is 19.5 Å². The van der Waals surface area contributed by atoms with E-state index >= 15 is 0 Å². The fraction of sp³-hybridized carbons (Fsp3) is 0.750. The SMILES string of the molecule is CC(C)CN1CC(C(=O)NCCC(=O)O)CC1=O.